The molecule has 1 saturated heterocycles. The van der Waals surface area contributed by atoms with Crippen molar-refractivity contribution in [3.05, 3.63) is 59.8 Å². The molecule has 3 aromatic rings. The highest BCUT2D eigenvalue weighted by Crippen LogP contribution is 2.39. The highest BCUT2D eigenvalue weighted by molar-refractivity contribution is 5.94. The van der Waals surface area contributed by atoms with Gasteiger partial charge in [-0.3, -0.25) is 14.5 Å². The second kappa shape index (κ2) is 16.1. The van der Waals surface area contributed by atoms with Crippen LogP contribution in [0, 0.1) is 24.7 Å². The number of hydrogen-bond acceptors (Lipinski definition) is 7. The molecule has 3 fully saturated rings. The van der Waals surface area contributed by atoms with Crippen LogP contribution in [0.5, 0.6) is 5.75 Å². The summed E-state index contributed by atoms with van der Waals surface area (Å²) < 4.78 is 16.8. The van der Waals surface area contributed by atoms with E-state index in [2.05, 4.69) is 51.2 Å². The summed E-state index contributed by atoms with van der Waals surface area (Å²) in [5.74, 6) is 3.73. The smallest absolute Gasteiger partial charge is 0.231 e. The molecule has 0 atom stereocenters. The first kappa shape index (κ1) is 36.1. The Balaban J connectivity index is 1.14. The first-order valence-electron chi connectivity index (χ1n) is 18.8. The van der Waals surface area contributed by atoms with Crippen LogP contribution in [0.15, 0.2) is 47.2 Å². The number of methoxy groups -OCH3 is 1. The molecule has 3 aliphatic rings. The third-order valence-electron chi connectivity index (χ3n) is 11.2. The van der Waals surface area contributed by atoms with Gasteiger partial charge >= 0.3 is 0 Å². The molecule has 3 heterocycles. The number of anilines is 1. The quantitative estimate of drug-likeness (QED) is 0.230. The predicted molar refractivity (Wildman–Crippen MR) is 195 cm³/mol. The summed E-state index contributed by atoms with van der Waals surface area (Å²) in [4.78, 5) is 38.8. The molecular formula is C41H56N4O5. The number of oxazole rings is 1. The average Bonchev–Trinajstić information content (AvgIpc) is 3.63. The number of rotatable bonds is 10. The summed E-state index contributed by atoms with van der Waals surface area (Å²) >= 11 is 0. The summed E-state index contributed by atoms with van der Waals surface area (Å²) in [6, 6.07) is 10.7. The fourth-order valence-corrected chi connectivity index (χ4v) is 8.09. The van der Waals surface area contributed by atoms with Crippen LogP contribution in [0.25, 0.3) is 11.3 Å². The standard InChI is InChI=1S/C41H56N4O5/c1-27-22-32(14-15-36(27)48-5)30-10-8-29(9-11-30)25-45(37-24-33(16-19-42-37)35-26-50-40(44-35)41(2,3)4)39(47)31-12-6-28(7-13-31)23-38(46)43-34-17-20-49-21-18-34/h14-16,19,22,24,26,28-31,34H,6-13,17-18,20-21,23,25H2,1-5H3,(H,43,46). The first-order chi connectivity index (χ1) is 24.1. The van der Waals surface area contributed by atoms with Gasteiger partial charge in [0.15, 0.2) is 5.89 Å². The Morgan fingerprint density at radius 1 is 0.940 bits per heavy atom. The van der Waals surface area contributed by atoms with Crippen molar-refractivity contribution in [1.82, 2.24) is 15.3 Å². The van der Waals surface area contributed by atoms with Crippen LogP contribution in [0.4, 0.5) is 5.82 Å². The molecule has 270 valence electrons. The number of aryl methyl sites for hydroxylation is 1. The van der Waals surface area contributed by atoms with E-state index in [0.717, 1.165) is 81.2 Å². The number of ether oxygens (including phenoxy) is 2. The summed E-state index contributed by atoms with van der Waals surface area (Å²) in [6.45, 7) is 10.4. The summed E-state index contributed by atoms with van der Waals surface area (Å²) in [5, 5.41) is 3.22. The van der Waals surface area contributed by atoms with Gasteiger partial charge in [-0.1, -0.05) is 32.9 Å². The van der Waals surface area contributed by atoms with Crippen molar-refractivity contribution >= 4 is 17.6 Å². The number of hydrogen-bond donors (Lipinski definition) is 1. The molecular weight excluding hydrogens is 628 g/mol. The van der Waals surface area contributed by atoms with Gasteiger partial charge in [0.05, 0.1) is 7.11 Å². The highest BCUT2D eigenvalue weighted by Gasteiger charge is 2.34. The van der Waals surface area contributed by atoms with Crippen LogP contribution in [-0.4, -0.2) is 54.7 Å². The van der Waals surface area contributed by atoms with Crippen LogP contribution in [0.3, 0.4) is 0 Å². The zero-order chi connectivity index (χ0) is 35.3. The second-order valence-electron chi connectivity index (χ2n) is 16.0. The number of amides is 2. The maximum atomic E-state index is 14.5. The Morgan fingerprint density at radius 2 is 1.66 bits per heavy atom. The third kappa shape index (κ3) is 8.95. The number of pyridine rings is 1. The largest absolute Gasteiger partial charge is 0.496 e. The van der Waals surface area contributed by atoms with Gasteiger partial charge in [-0.25, -0.2) is 9.97 Å². The number of carbonyl (C=O) groups is 2. The van der Waals surface area contributed by atoms with Gasteiger partial charge in [0, 0.05) is 55.3 Å². The minimum Gasteiger partial charge on any atom is -0.496 e. The lowest BCUT2D eigenvalue weighted by molar-refractivity contribution is -0.124. The van der Waals surface area contributed by atoms with E-state index in [0.29, 0.717) is 55.6 Å². The molecule has 0 spiro atoms. The fourth-order valence-electron chi connectivity index (χ4n) is 8.09. The number of nitrogens with one attached hydrogen (secondary N) is 1. The minimum absolute atomic E-state index is 0.0755. The Morgan fingerprint density at radius 3 is 2.32 bits per heavy atom. The zero-order valence-electron chi connectivity index (χ0n) is 30.7. The van der Waals surface area contributed by atoms with Gasteiger partial charge in [0.25, 0.3) is 0 Å². The van der Waals surface area contributed by atoms with E-state index in [1.807, 2.05) is 17.0 Å². The normalized spacial score (nSPS) is 23.3. The lowest BCUT2D eigenvalue weighted by Gasteiger charge is -2.36. The van der Waals surface area contributed by atoms with Crippen LogP contribution in [0.1, 0.15) is 114 Å². The third-order valence-corrected chi connectivity index (χ3v) is 11.2. The van der Waals surface area contributed by atoms with Crippen LogP contribution in [0.2, 0.25) is 0 Å². The van der Waals surface area contributed by atoms with Crippen molar-refractivity contribution in [3.63, 3.8) is 0 Å². The Labute approximate surface area is 297 Å². The molecule has 2 amide bonds. The minimum atomic E-state index is -0.205. The molecule has 0 bridgehead atoms. The first-order valence-corrected chi connectivity index (χ1v) is 18.8. The van der Waals surface area contributed by atoms with Crippen LogP contribution in [-0.2, 0) is 19.7 Å². The second-order valence-corrected chi connectivity index (χ2v) is 16.0. The van der Waals surface area contributed by atoms with Gasteiger partial charge in [-0.15, -0.1) is 0 Å². The van der Waals surface area contributed by atoms with Crippen LogP contribution < -0.4 is 15.0 Å². The number of benzene rings is 1. The van der Waals surface area contributed by atoms with E-state index in [1.54, 1.807) is 19.6 Å². The van der Waals surface area contributed by atoms with Gasteiger partial charge in [0.2, 0.25) is 11.8 Å². The lowest BCUT2D eigenvalue weighted by Crippen LogP contribution is -2.42. The molecule has 1 N–H and O–H groups in total. The molecule has 0 unspecified atom stereocenters. The maximum absolute atomic E-state index is 14.5. The van der Waals surface area contributed by atoms with E-state index in [-0.39, 0.29) is 29.2 Å². The van der Waals surface area contributed by atoms with Gasteiger partial charge in [-0.05, 0) is 118 Å². The molecule has 6 rings (SSSR count). The SMILES string of the molecule is COc1ccc(C2CCC(CN(C(=O)C3CCC(CC(=O)NC4CCOCC4)CC3)c3cc(-c4coc(C(C)(C)C)n4)ccn3)CC2)cc1C. The average molecular weight is 685 g/mol. The zero-order valence-corrected chi connectivity index (χ0v) is 30.7. The van der Waals surface area contributed by atoms with Crippen molar-refractivity contribution in [2.45, 2.75) is 116 Å². The van der Waals surface area contributed by atoms with E-state index in [1.165, 1.54) is 11.1 Å². The molecule has 1 aromatic carbocycles. The monoisotopic (exact) mass is 684 g/mol. The number of carbonyl (C=O) groups excluding carboxylic acids is 2. The molecule has 50 heavy (non-hydrogen) atoms. The Hall–Kier alpha value is -3.72. The Kier molecular flexibility index (Phi) is 11.6. The molecule has 9 heteroatoms. The summed E-state index contributed by atoms with van der Waals surface area (Å²) in [5.41, 5.74) is 3.99. The van der Waals surface area contributed by atoms with Crippen molar-refractivity contribution in [3.8, 4) is 17.0 Å². The summed E-state index contributed by atoms with van der Waals surface area (Å²) in [7, 11) is 1.72. The molecule has 9 nitrogen and oxygen atoms in total. The van der Waals surface area contributed by atoms with E-state index >= 15 is 0 Å². The summed E-state index contributed by atoms with van der Waals surface area (Å²) in [6.07, 6.45) is 13.5. The van der Waals surface area contributed by atoms with E-state index in [9.17, 15) is 9.59 Å². The van der Waals surface area contributed by atoms with Gasteiger partial charge in [0.1, 0.15) is 23.5 Å². The maximum Gasteiger partial charge on any atom is 0.231 e. The molecule has 2 aromatic heterocycles. The van der Waals surface area contributed by atoms with Gasteiger partial charge < -0.3 is 19.2 Å². The van der Waals surface area contributed by atoms with Crippen LogP contribution >= 0.6 is 0 Å². The molecule has 1 aliphatic heterocycles. The number of aromatic nitrogens is 2. The van der Waals surface area contributed by atoms with E-state index in [4.69, 9.17) is 23.9 Å². The Bertz CT molecular complexity index is 1590. The topological polar surface area (TPSA) is 107 Å². The fraction of sp³-hybridized carbons (Fsp3) is 0.610. The van der Waals surface area contributed by atoms with Crippen molar-refractivity contribution in [2.24, 2.45) is 17.8 Å². The lowest BCUT2D eigenvalue weighted by atomic mass is 9.77. The van der Waals surface area contributed by atoms with E-state index < -0.39 is 0 Å². The van der Waals surface area contributed by atoms with Gasteiger partial charge in [-0.2, -0.15) is 0 Å². The van der Waals surface area contributed by atoms with Crippen molar-refractivity contribution in [1.29, 1.82) is 0 Å². The molecule has 2 saturated carbocycles. The molecule has 0 radical (unpaired) electrons. The number of nitrogens with zero attached hydrogens (tertiary/aromatic N) is 3. The molecule has 2 aliphatic carbocycles. The predicted octanol–water partition coefficient (Wildman–Crippen LogP) is 8.15. The van der Waals surface area contributed by atoms with Crippen molar-refractivity contribution < 1.29 is 23.5 Å². The highest BCUT2D eigenvalue weighted by atomic mass is 16.5. The van der Waals surface area contributed by atoms with Crippen molar-refractivity contribution in [2.75, 3.05) is 31.8 Å².